The van der Waals surface area contributed by atoms with Gasteiger partial charge >= 0.3 is 6.03 Å². The molecule has 1 aliphatic rings. The number of benzene rings is 1. The number of nitrogens with one attached hydrogen (secondary N) is 2. The van der Waals surface area contributed by atoms with Crippen molar-refractivity contribution in [3.05, 3.63) is 36.0 Å². The molecule has 1 fully saturated rings. The molecule has 3 N–H and O–H groups in total. The van der Waals surface area contributed by atoms with Crippen molar-refractivity contribution in [3.63, 3.8) is 0 Å². The van der Waals surface area contributed by atoms with Crippen molar-refractivity contribution in [3.8, 4) is 11.4 Å². The number of sulfone groups is 1. The number of rotatable bonds is 8. The zero-order chi connectivity index (χ0) is 24.9. The molecule has 1 saturated heterocycles. The number of morpholine rings is 1. The Labute approximate surface area is 200 Å². The van der Waals surface area contributed by atoms with Crippen LogP contribution >= 0.6 is 0 Å². The van der Waals surface area contributed by atoms with Gasteiger partial charge in [-0.3, -0.25) is 0 Å². The third kappa shape index (κ3) is 5.65. The summed E-state index contributed by atoms with van der Waals surface area (Å²) in [7, 11) is -3.44. The van der Waals surface area contributed by atoms with Gasteiger partial charge in [0, 0.05) is 36.2 Å². The quantitative estimate of drug-likeness (QED) is 0.511. The maximum Gasteiger partial charge on any atom is 0.319 e. The number of carbonyl (C=O) groups excluding carboxylic acids is 1. The van der Waals surface area contributed by atoms with Gasteiger partial charge in [-0.05, 0) is 45.0 Å². The van der Waals surface area contributed by atoms with Crippen molar-refractivity contribution in [2.24, 2.45) is 0 Å². The van der Waals surface area contributed by atoms with Crippen LogP contribution in [-0.2, 0) is 19.3 Å². The van der Waals surface area contributed by atoms with E-state index in [1.54, 1.807) is 51.1 Å². The minimum Gasteiger partial charge on any atom is -0.395 e. The second kappa shape index (κ2) is 10.7. The molecule has 2 heterocycles. The van der Waals surface area contributed by atoms with Gasteiger partial charge in [0.1, 0.15) is 10.6 Å². The maximum absolute atomic E-state index is 12.9. The van der Waals surface area contributed by atoms with E-state index in [1.807, 2.05) is 6.92 Å². The molecule has 0 radical (unpaired) electrons. The first-order valence-corrected chi connectivity index (χ1v) is 13.0. The van der Waals surface area contributed by atoms with Crippen LogP contribution in [0.3, 0.4) is 0 Å². The molecule has 2 amide bonds. The molecule has 1 aromatic heterocycles. The van der Waals surface area contributed by atoms with Crippen molar-refractivity contribution in [1.29, 1.82) is 0 Å². The molecule has 1 atom stereocenters. The van der Waals surface area contributed by atoms with E-state index < -0.39 is 20.6 Å². The summed E-state index contributed by atoms with van der Waals surface area (Å²) < 4.78 is 30.1. The van der Waals surface area contributed by atoms with E-state index in [-0.39, 0.29) is 24.9 Å². The van der Waals surface area contributed by atoms with E-state index in [0.717, 1.165) is 0 Å². The van der Waals surface area contributed by atoms with Gasteiger partial charge < -0.3 is 25.4 Å². The molecule has 10 nitrogen and oxygen atoms in total. The van der Waals surface area contributed by atoms with E-state index in [9.17, 15) is 13.2 Å². The molecule has 1 aromatic carbocycles. The summed E-state index contributed by atoms with van der Waals surface area (Å²) in [5.41, 5.74) is 1.68. The average molecular weight is 492 g/mol. The summed E-state index contributed by atoms with van der Waals surface area (Å²) >= 11 is 0. The van der Waals surface area contributed by atoms with E-state index in [2.05, 4.69) is 20.5 Å². The zero-order valence-corrected chi connectivity index (χ0v) is 20.9. The molecule has 3 rings (SSSR count). The molecular weight excluding hydrogens is 458 g/mol. The van der Waals surface area contributed by atoms with Gasteiger partial charge in [-0.1, -0.05) is 6.92 Å². The monoisotopic (exact) mass is 491 g/mol. The normalized spacial score (nSPS) is 16.9. The number of hydrogen-bond acceptors (Lipinski definition) is 8. The standard InChI is InChI=1S/C23H33N5O5S/c1-5-34(31,32)23(3,4)19-14-20(28-11-13-33-15-16(28)2)27-21(26-19)17-6-8-18(9-7-17)25-22(30)24-10-12-29/h6-9,14,16,29H,5,10-13,15H2,1-4H3,(H2,24,25,30)/t16-/m0/s1. The Hall–Kier alpha value is -2.76. The third-order valence-corrected chi connectivity index (χ3v) is 8.47. The lowest BCUT2D eigenvalue weighted by molar-refractivity contribution is 0.0985. The van der Waals surface area contributed by atoms with Gasteiger partial charge in [0.15, 0.2) is 15.7 Å². The number of nitrogens with zero attached hydrogens (tertiary/aromatic N) is 3. The van der Waals surface area contributed by atoms with Gasteiger partial charge in [-0.2, -0.15) is 0 Å². The Bertz CT molecular complexity index is 1110. The number of hydrogen-bond donors (Lipinski definition) is 3. The van der Waals surface area contributed by atoms with Crippen molar-refractivity contribution in [2.45, 2.75) is 38.5 Å². The summed E-state index contributed by atoms with van der Waals surface area (Å²) in [6.07, 6.45) is 0. The summed E-state index contributed by atoms with van der Waals surface area (Å²) in [4.78, 5) is 23.4. The fourth-order valence-corrected chi connectivity index (χ4v) is 4.80. The van der Waals surface area contributed by atoms with Gasteiger partial charge in [0.05, 0.1) is 31.6 Å². The summed E-state index contributed by atoms with van der Waals surface area (Å²) in [5.74, 6) is 1.06. The molecular formula is C23H33N5O5S. The molecule has 34 heavy (non-hydrogen) atoms. The molecule has 0 unspecified atom stereocenters. The lowest BCUT2D eigenvalue weighted by atomic mass is 10.1. The Kier molecular flexibility index (Phi) is 8.11. The molecule has 0 aliphatic carbocycles. The Morgan fingerprint density at radius 3 is 2.59 bits per heavy atom. The van der Waals surface area contributed by atoms with Gasteiger partial charge in [0.2, 0.25) is 0 Å². The number of aliphatic hydroxyl groups is 1. The summed E-state index contributed by atoms with van der Waals surface area (Å²) in [5, 5.41) is 14.0. The van der Waals surface area contributed by atoms with Gasteiger partial charge in [-0.25, -0.2) is 23.2 Å². The number of aromatic nitrogens is 2. The number of anilines is 2. The van der Waals surface area contributed by atoms with Crippen molar-refractivity contribution >= 4 is 27.4 Å². The van der Waals surface area contributed by atoms with Crippen LogP contribution in [0, 0.1) is 0 Å². The number of carbonyl (C=O) groups is 1. The first kappa shape index (κ1) is 25.9. The highest BCUT2D eigenvalue weighted by atomic mass is 32.2. The Morgan fingerprint density at radius 1 is 1.26 bits per heavy atom. The number of urea groups is 1. The minimum absolute atomic E-state index is 0.00133. The Balaban J connectivity index is 2.01. The topological polar surface area (TPSA) is 134 Å². The van der Waals surface area contributed by atoms with Crippen LogP contribution in [0.1, 0.15) is 33.4 Å². The predicted molar refractivity (Wildman–Crippen MR) is 132 cm³/mol. The molecule has 0 spiro atoms. The molecule has 1 aliphatic heterocycles. The van der Waals surface area contributed by atoms with Crippen LogP contribution in [-0.4, -0.2) is 74.2 Å². The highest BCUT2D eigenvalue weighted by Crippen LogP contribution is 2.33. The maximum atomic E-state index is 12.9. The highest BCUT2D eigenvalue weighted by Gasteiger charge is 2.37. The predicted octanol–water partition coefficient (Wildman–Crippen LogP) is 2.15. The average Bonchev–Trinajstić information content (AvgIpc) is 2.83. The smallest absolute Gasteiger partial charge is 0.319 e. The second-order valence-corrected chi connectivity index (χ2v) is 11.5. The van der Waals surface area contributed by atoms with E-state index in [4.69, 9.17) is 14.8 Å². The largest absolute Gasteiger partial charge is 0.395 e. The summed E-state index contributed by atoms with van der Waals surface area (Å²) in [6.45, 7) is 8.79. The molecule has 11 heteroatoms. The zero-order valence-electron chi connectivity index (χ0n) is 20.0. The third-order valence-electron chi connectivity index (χ3n) is 5.95. The molecule has 2 aromatic rings. The first-order valence-electron chi connectivity index (χ1n) is 11.3. The van der Waals surface area contributed by atoms with Crippen LogP contribution < -0.4 is 15.5 Å². The van der Waals surface area contributed by atoms with Crippen molar-refractivity contribution in [1.82, 2.24) is 15.3 Å². The molecule has 0 saturated carbocycles. The number of ether oxygens (including phenoxy) is 1. The molecule has 186 valence electrons. The lowest BCUT2D eigenvalue weighted by Gasteiger charge is -2.35. The van der Waals surface area contributed by atoms with Crippen LogP contribution in [0.2, 0.25) is 0 Å². The van der Waals surface area contributed by atoms with Crippen molar-refractivity contribution in [2.75, 3.05) is 48.9 Å². The highest BCUT2D eigenvalue weighted by molar-refractivity contribution is 7.92. The summed E-state index contributed by atoms with van der Waals surface area (Å²) in [6, 6.07) is 8.40. The van der Waals surface area contributed by atoms with Crippen LogP contribution in [0.15, 0.2) is 30.3 Å². The fraction of sp³-hybridized carbons (Fsp3) is 0.522. The van der Waals surface area contributed by atoms with E-state index in [0.29, 0.717) is 48.3 Å². The number of amides is 2. The van der Waals surface area contributed by atoms with Crippen LogP contribution in [0.4, 0.5) is 16.3 Å². The van der Waals surface area contributed by atoms with Crippen LogP contribution in [0.5, 0.6) is 0 Å². The van der Waals surface area contributed by atoms with Crippen LogP contribution in [0.25, 0.3) is 11.4 Å². The fourth-order valence-electron chi connectivity index (χ4n) is 3.65. The SMILES string of the molecule is CCS(=O)(=O)C(C)(C)c1cc(N2CCOC[C@@H]2C)nc(-c2ccc(NC(=O)NCCO)cc2)n1. The molecule has 0 bridgehead atoms. The van der Waals surface area contributed by atoms with Crippen molar-refractivity contribution < 1.29 is 23.1 Å². The van der Waals surface area contributed by atoms with Gasteiger partial charge in [0.25, 0.3) is 0 Å². The first-order chi connectivity index (χ1) is 16.1. The van der Waals surface area contributed by atoms with E-state index in [1.165, 1.54) is 0 Å². The number of aliphatic hydroxyl groups excluding tert-OH is 1. The van der Waals surface area contributed by atoms with Gasteiger partial charge in [-0.15, -0.1) is 0 Å². The minimum atomic E-state index is -3.44. The Morgan fingerprint density at radius 2 is 1.97 bits per heavy atom. The van der Waals surface area contributed by atoms with E-state index >= 15 is 0 Å². The lowest BCUT2D eigenvalue weighted by Crippen LogP contribution is -2.44. The second-order valence-electron chi connectivity index (χ2n) is 8.65.